The Labute approximate surface area is 148 Å². The highest BCUT2D eigenvalue weighted by Gasteiger charge is 2.36. The summed E-state index contributed by atoms with van der Waals surface area (Å²) >= 11 is 11.7. The summed E-state index contributed by atoms with van der Waals surface area (Å²) in [6, 6.07) is 9.47. The Hall–Kier alpha value is -2.37. The molecule has 3 rings (SSSR count). The largest absolute Gasteiger partial charge is 0.324 e. The topological polar surface area (TPSA) is 66.5 Å². The molecular weight excluding hydrogens is 351 g/mol. The lowest BCUT2D eigenvalue weighted by Gasteiger charge is -2.14. The fraction of sp³-hybridized carbons (Fsp3) is 0.118. The number of halogens is 2. The number of amides is 3. The molecule has 1 aliphatic rings. The van der Waals surface area contributed by atoms with E-state index >= 15 is 0 Å². The van der Waals surface area contributed by atoms with Crippen LogP contribution in [0, 0.1) is 6.92 Å². The molecule has 0 saturated heterocycles. The van der Waals surface area contributed by atoms with Crippen molar-refractivity contribution in [1.82, 2.24) is 4.90 Å². The van der Waals surface area contributed by atoms with Crippen molar-refractivity contribution < 1.29 is 14.4 Å². The molecule has 0 aliphatic carbocycles. The summed E-state index contributed by atoms with van der Waals surface area (Å²) in [5.41, 5.74) is 1.82. The molecular formula is C17H12Cl2N2O3. The van der Waals surface area contributed by atoms with Crippen LogP contribution in [0.1, 0.15) is 26.3 Å². The third-order valence-electron chi connectivity index (χ3n) is 3.70. The van der Waals surface area contributed by atoms with Gasteiger partial charge in [-0.1, -0.05) is 23.2 Å². The molecule has 1 aliphatic heterocycles. The second-order valence-corrected chi connectivity index (χ2v) is 6.27. The van der Waals surface area contributed by atoms with E-state index in [2.05, 4.69) is 5.32 Å². The summed E-state index contributed by atoms with van der Waals surface area (Å²) in [5, 5.41) is 3.59. The Bertz CT molecular complexity index is 880. The summed E-state index contributed by atoms with van der Waals surface area (Å²) in [6.07, 6.45) is 0. The van der Waals surface area contributed by atoms with E-state index < -0.39 is 17.7 Å². The van der Waals surface area contributed by atoms with E-state index in [1.807, 2.05) is 0 Å². The quantitative estimate of drug-likeness (QED) is 0.849. The van der Waals surface area contributed by atoms with Gasteiger partial charge >= 0.3 is 0 Å². The maximum Gasteiger partial charge on any atom is 0.262 e. The molecule has 0 bridgehead atoms. The first-order chi connectivity index (χ1) is 11.4. The molecule has 0 fully saturated rings. The Morgan fingerprint density at radius 1 is 1.00 bits per heavy atom. The lowest BCUT2D eigenvalue weighted by molar-refractivity contribution is -0.116. The summed E-state index contributed by atoms with van der Waals surface area (Å²) < 4.78 is 0. The molecule has 5 nitrogen and oxygen atoms in total. The molecule has 0 aromatic heterocycles. The smallest absolute Gasteiger partial charge is 0.262 e. The van der Waals surface area contributed by atoms with Crippen LogP contribution in [0.5, 0.6) is 0 Å². The van der Waals surface area contributed by atoms with Gasteiger partial charge in [-0.05, 0) is 48.9 Å². The fourth-order valence-electron chi connectivity index (χ4n) is 2.51. The third kappa shape index (κ3) is 3.00. The van der Waals surface area contributed by atoms with Crippen molar-refractivity contribution in [1.29, 1.82) is 0 Å². The number of carbonyl (C=O) groups excluding carboxylic acids is 3. The molecule has 2 aromatic carbocycles. The van der Waals surface area contributed by atoms with E-state index in [9.17, 15) is 14.4 Å². The predicted molar refractivity (Wildman–Crippen MR) is 91.6 cm³/mol. The van der Waals surface area contributed by atoms with E-state index in [0.717, 1.165) is 10.5 Å². The standard InChI is InChI=1S/C17H12Cl2N2O3/c1-9-6-10(18)3-5-14(9)20-15(22)8-21-16(23)12-4-2-11(19)7-13(12)17(21)24/h2-7H,8H2,1H3,(H,20,22). The van der Waals surface area contributed by atoms with Crippen molar-refractivity contribution >= 4 is 46.6 Å². The SMILES string of the molecule is Cc1cc(Cl)ccc1NC(=O)CN1C(=O)c2ccc(Cl)cc2C1=O. The zero-order chi connectivity index (χ0) is 17.4. The number of hydrogen-bond acceptors (Lipinski definition) is 3. The highest BCUT2D eigenvalue weighted by Crippen LogP contribution is 2.26. The van der Waals surface area contributed by atoms with Crippen LogP contribution in [-0.2, 0) is 4.79 Å². The number of imide groups is 1. The molecule has 0 radical (unpaired) electrons. The van der Waals surface area contributed by atoms with Crippen molar-refractivity contribution in [3.05, 3.63) is 63.1 Å². The summed E-state index contributed by atoms with van der Waals surface area (Å²) in [6.45, 7) is 1.43. The van der Waals surface area contributed by atoms with E-state index in [1.54, 1.807) is 25.1 Å². The number of carbonyl (C=O) groups is 3. The zero-order valence-electron chi connectivity index (χ0n) is 12.6. The number of nitrogens with one attached hydrogen (secondary N) is 1. The van der Waals surface area contributed by atoms with Gasteiger partial charge in [-0.15, -0.1) is 0 Å². The maximum absolute atomic E-state index is 12.3. The van der Waals surface area contributed by atoms with E-state index in [0.29, 0.717) is 15.7 Å². The number of rotatable bonds is 3. The van der Waals surface area contributed by atoms with Crippen LogP contribution < -0.4 is 5.32 Å². The van der Waals surface area contributed by atoms with Crippen molar-refractivity contribution in [2.24, 2.45) is 0 Å². The fourth-order valence-corrected chi connectivity index (χ4v) is 2.91. The molecule has 2 aromatic rings. The van der Waals surface area contributed by atoms with Gasteiger partial charge in [-0.2, -0.15) is 0 Å². The van der Waals surface area contributed by atoms with Gasteiger partial charge in [0.15, 0.2) is 0 Å². The van der Waals surface area contributed by atoms with Crippen molar-refractivity contribution in [3.8, 4) is 0 Å². The summed E-state index contributed by atoms with van der Waals surface area (Å²) in [7, 11) is 0. The monoisotopic (exact) mass is 362 g/mol. The lowest BCUT2D eigenvalue weighted by Crippen LogP contribution is -2.37. The van der Waals surface area contributed by atoms with Gasteiger partial charge in [0, 0.05) is 15.7 Å². The Kier molecular flexibility index (Phi) is 4.30. The second kappa shape index (κ2) is 6.26. The minimum atomic E-state index is -0.527. The molecule has 0 spiro atoms. The van der Waals surface area contributed by atoms with Gasteiger partial charge in [0.25, 0.3) is 11.8 Å². The molecule has 1 heterocycles. The van der Waals surface area contributed by atoms with Crippen molar-refractivity contribution in [2.45, 2.75) is 6.92 Å². The van der Waals surface area contributed by atoms with E-state index in [-0.39, 0.29) is 17.7 Å². The first kappa shape index (κ1) is 16.5. The minimum absolute atomic E-state index is 0.211. The number of aryl methyl sites for hydroxylation is 1. The number of benzene rings is 2. The van der Waals surface area contributed by atoms with Crippen LogP contribution in [0.4, 0.5) is 5.69 Å². The van der Waals surface area contributed by atoms with Gasteiger partial charge in [-0.25, -0.2) is 0 Å². The van der Waals surface area contributed by atoms with Gasteiger partial charge < -0.3 is 5.32 Å². The number of fused-ring (bicyclic) bond motifs is 1. The van der Waals surface area contributed by atoms with Gasteiger partial charge in [0.1, 0.15) is 6.54 Å². The maximum atomic E-state index is 12.3. The Morgan fingerprint density at radius 3 is 2.33 bits per heavy atom. The van der Waals surface area contributed by atoms with Crippen LogP contribution in [0.3, 0.4) is 0 Å². The third-order valence-corrected chi connectivity index (χ3v) is 4.17. The van der Waals surface area contributed by atoms with Gasteiger partial charge in [0.2, 0.25) is 5.91 Å². The average Bonchev–Trinajstić information content (AvgIpc) is 2.75. The normalized spacial score (nSPS) is 13.2. The molecule has 122 valence electrons. The summed E-state index contributed by atoms with van der Waals surface area (Å²) in [5.74, 6) is -1.50. The highest BCUT2D eigenvalue weighted by atomic mass is 35.5. The van der Waals surface area contributed by atoms with Crippen molar-refractivity contribution in [2.75, 3.05) is 11.9 Å². The lowest BCUT2D eigenvalue weighted by atomic mass is 10.1. The van der Waals surface area contributed by atoms with Crippen LogP contribution in [-0.4, -0.2) is 29.2 Å². The molecule has 1 N–H and O–H groups in total. The number of hydrogen-bond donors (Lipinski definition) is 1. The zero-order valence-corrected chi connectivity index (χ0v) is 14.1. The number of anilines is 1. The molecule has 0 unspecified atom stereocenters. The Morgan fingerprint density at radius 2 is 1.62 bits per heavy atom. The first-order valence-corrected chi connectivity index (χ1v) is 7.84. The Balaban J connectivity index is 1.76. The summed E-state index contributed by atoms with van der Waals surface area (Å²) in [4.78, 5) is 37.7. The average molecular weight is 363 g/mol. The van der Waals surface area contributed by atoms with Crippen molar-refractivity contribution in [3.63, 3.8) is 0 Å². The van der Waals surface area contributed by atoms with Crippen LogP contribution in [0.15, 0.2) is 36.4 Å². The van der Waals surface area contributed by atoms with E-state index in [4.69, 9.17) is 23.2 Å². The highest BCUT2D eigenvalue weighted by molar-refractivity contribution is 6.32. The van der Waals surface area contributed by atoms with E-state index in [1.165, 1.54) is 18.2 Å². The predicted octanol–water partition coefficient (Wildman–Crippen LogP) is 3.54. The molecule has 24 heavy (non-hydrogen) atoms. The molecule has 7 heteroatoms. The molecule has 0 atom stereocenters. The first-order valence-electron chi connectivity index (χ1n) is 7.08. The van der Waals surface area contributed by atoms with Crippen LogP contribution in [0.2, 0.25) is 10.0 Å². The van der Waals surface area contributed by atoms with Crippen LogP contribution in [0.25, 0.3) is 0 Å². The van der Waals surface area contributed by atoms with Gasteiger partial charge in [0.05, 0.1) is 11.1 Å². The van der Waals surface area contributed by atoms with Crippen LogP contribution >= 0.6 is 23.2 Å². The minimum Gasteiger partial charge on any atom is -0.324 e. The van der Waals surface area contributed by atoms with Gasteiger partial charge in [-0.3, -0.25) is 19.3 Å². The second-order valence-electron chi connectivity index (χ2n) is 5.39. The molecule has 0 saturated carbocycles. The number of nitrogens with zero attached hydrogens (tertiary/aromatic N) is 1. The molecule has 3 amide bonds.